The van der Waals surface area contributed by atoms with E-state index in [1.165, 1.54) is 0 Å². The molecule has 0 N–H and O–H groups in total. The Morgan fingerprint density at radius 1 is 1.17 bits per heavy atom. The number of carbonyl (C=O) groups excluding carboxylic acids is 1. The van der Waals surface area contributed by atoms with Crippen molar-refractivity contribution < 1.29 is 18.7 Å². The molecule has 0 unspecified atom stereocenters. The van der Waals surface area contributed by atoms with Crippen LogP contribution in [0.2, 0.25) is 0 Å². The first-order chi connectivity index (χ1) is 14.6. The van der Waals surface area contributed by atoms with Gasteiger partial charge in [-0.1, -0.05) is 12.1 Å². The first-order valence-electron chi connectivity index (χ1n) is 10.2. The van der Waals surface area contributed by atoms with Crippen molar-refractivity contribution in [1.29, 1.82) is 0 Å². The lowest BCUT2D eigenvalue weighted by Crippen LogP contribution is -2.31. The Labute approximate surface area is 174 Å². The number of rotatable bonds is 7. The van der Waals surface area contributed by atoms with Gasteiger partial charge < -0.3 is 18.8 Å². The average molecular weight is 410 g/mol. The van der Waals surface area contributed by atoms with Gasteiger partial charge in [0.2, 0.25) is 5.91 Å². The molecule has 7 heteroatoms. The number of likely N-dealkylation sites (tertiary alicyclic amines) is 1. The van der Waals surface area contributed by atoms with Gasteiger partial charge in [0.15, 0.2) is 5.58 Å². The third kappa shape index (κ3) is 3.79. The summed E-state index contributed by atoms with van der Waals surface area (Å²) in [5, 5.41) is 0. The van der Waals surface area contributed by atoms with Gasteiger partial charge >= 0.3 is 5.76 Å². The average Bonchev–Trinajstić information content (AvgIpc) is 3.38. The van der Waals surface area contributed by atoms with Gasteiger partial charge in [-0.2, -0.15) is 0 Å². The minimum absolute atomic E-state index is 0.00386. The Morgan fingerprint density at radius 3 is 2.80 bits per heavy atom. The predicted octanol–water partition coefficient (Wildman–Crippen LogP) is 3.76. The third-order valence-corrected chi connectivity index (χ3v) is 5.72. The molecule has 1 aliphatic heterocycles. The molecule has 1 atom stereocenters. The number of ether oxygens (including phenoxy) is 2. The molecule has 1 aromatic heterocycles. The first kappa shape index (κ1) is 20.1. The van der Waals surface area contributed by atoms with Gasteiger partial charge in [-0.3, -0.25) is 9.36 Å². The van der Waals surface area contributed by atoms with Gasteiger partial charge in [0.25, 0.3) is 0 Å². The van der Waals surface area contributed by atoms with Crippen LogP contribution in [0, 0.1) is 0 Å². The van der Waals surface area contributed by atoms with E-state index in [0.29, 0.717) is 25.0 Å². The number of benzene rings is 2. The number of methoxy groups -OCH3 is 2. The molecule has 3 aromatic rings. The SMILES string of the molecule is COc1ccc([C@H]2CCCN2C(=O)CCCn2c(=O)oc3ccccc32)c(OC)c1. The lowest BCUT2D eigenvalue weighted by Gasteiger charge is -2.26. The molecule has 30 heavy (non-hydrogen) atoms. The maximum absolute atomic E-state index is 13.0. The second kappa shape index (κ2) is 8.65. The topological polar surface area (TPSA) is 73.9 Å². The summed E-state index contributed by atoms with van der Waals surface area (Å²) < 4.78 is 17.7. The van der Waals surface area contributed by atoms with E-state index >= 15 is 0 Å². The Hall–Kier alpha value is -3.22. The number of oxazole rings is 1. The fourth-order valence-corrected chi connectivity index (χ4v) is 4.24. The number of hydrogen-bond acceptors (Lipinski definition) is 5. The van der Waals surface area contributed by atoms with Crippen molar-refractivity contribution in [1.82, 2.24) is 9.47 Å². The predicted molar refractivity (Wildman–Crippen MR) is 113 cm³/mol. The number of nitrogens with zero attached hydrogens (tertiary/aromatic N) is 2. The summed E-state index contributed by atoms with van der Waals surface area (Å²) in [7, 11) is 3.25. The van der Waals surface area contributed by atoms with Crippen LogP contribution < -0.4 is 15.2 Å². The highest BCUT2D eigenvalue weighted by Gasteiger charge is 2.31. The van der Waals surface area contributed by atoms with Crippen LogP contribution in [0.15, 0.2) is 51.7 Å². The van der Waals surface area contributed by atoms with Crippen LogP contribution in [0.4, 0.5) is 0 Å². The zero-order chi connectivity index (χ0) is 21.1. The molecule has 2 aromatic carbocycles. The fourth-order valence-electron chi connectivity index (χ4n) is 4.24. The second-order valence-corrected chi connectivity index (χ2v) is 7.44. The van der Waals surface area contributed by atoms with Crippen LogP contribution in [-0.2, 0) is 11.3 Å². The number of carbonyl (C=O) groups is 1. The Bertz CT molecular complexity index is 1100. The molecule has 1 amide bonds. The van der Waals surface area contributed by atoms with Crippen molar-refractivity contribution >= 4 is 17.0 Å². The summed E-state index contributed by atoms with van der Waals surface area (Å²) in [5.74, 6) is 1.17. The molecule has 0 bridgehead atoms. The summed E-state index contributed by atoms with van der Waals surface area (Å²) in [6, 6.07) is 13.1. The van der Waals surface area contributed by atoms with Crippen molar-refractivity contribution in [3.05, 3.63) is 58.6 Å². The molecular weight excluding hydrogens is 384 g/mol. The molecule has 1 aliphatic rings. The summed E-state index contributed by atoms with van der Waals surface area (Å²) in [4.78, 5) is 27.0. The summed E-state index contributed by atoms with van der Waals surface area (Å²) >= 11 is 0. The maximum atomic E-state index is 13.0. The monoisotopic (exact) mass is 410 g/mol. The standard InChI is InChI=1S/C23H26N2O5/c1-28-16-11-12-17(21(15-16)29-2)18-8-5-13-24(18)22(26)10-6-14-25-19-7-3-4-9-20(19)30-23(25)27/h3-4,7,9,11-12,15,18H,5-6,8,10,13-14H2,1-2H3/t18-/m1/s1. The van der Waals surface area contributed by atoms with Crippen LogP contribution in [0.25, 0.3) is 11.1 Å². The van der Waals surface area contributed by atoms with E-state index in [-0.39, 0.29) is 17.7 Å². The largest absolute Gasteiger partial charge is 0.497 e. The van der Waals surface area contributed by atoms with E-state index < -0.39 is 0 Å². The van der Waals surface area contributed by atoms with Gasteiger partial charge in [0, 0.05) is 31.1 Å². The third-order valence-electron chi connectivity index (χ3n) is 5.72. The Balaban J connectivity index is 1.44. The van der Waals surface area contributed by atoms with Crippen LogP contribution in [0.3, 0.4) is 0 Å². The first-order valence-corrected chi connectivity index (χ1v) is 10.2. The molecule has 1 fully saturated rings. The van der Waals surface area contributed by atoms with Crippen LogP contribution >= 0.6 is 0 Å². The summed E-state index contributed by atoms with van der Waals surface area (Å²) in [6.07, 6.45) is 2.81. The zero-order valence-corrected chi connectivity index (χ0v) is 17.3. The van der Waals surface area contributed by atoms with Gasteiger partial charge in [-0.15, -0.1) is 0 Å². The molecule has 0 spiro atoms. The number of aromatic nitrogens is 1. The molecule has 1 saturated heterocycles. The van der Waals surface area contributed by atoms with Gasteiger partial charge in [0.1, 0.15) is 11.5 Å². The van der Waals surface area contributed by atoms with E-state index in [1.807, 2.05) is 41.3 Å². The van der Waals surface area contributed by atoms with Crippen LogP contribution in [-0.4, -0.2) is 36.1 Å². The molecule has 2 heterocycles. The molecule has 0 radical (unpaired) electrons. The minimum atomic E-state index is -0.384. The van der Waals surface area contributed by atoms with Crippen molar-refractivity contribution in [2.45, 2.75) is 38.3 Å². The lowest BCUT2D eigenvalue weighted by atomic mass is 10.0. The summed E-state index contributed by atoms with van der Waals surface area (Å²) in [6.45, 7) is 1.18. The normalized spacial score (nSPS) is 16.2. The zero-order valence-electron chi connectivity index (χ0n) is 17.3. The number of amides is 1. The van der Waals surface area contributed by atoms with E-state index in [1.54, 1.807) is 24.9 Å². The molecule has 158 valence electrons. The van der Waals surface area contributed by atoms with Crippen molar-refractivity contribution in [2.24, 2.45) is 0 Å². The minimum Gasteiger partial charge on any atom is -0.497 e. The number of para-hydroxylation sites is 2. The van der Waals surface area contributed by atoms with Crippen molar-refractivity contribution in [2.75, 3.05) is 20.8 Å². The van der Waals surface area contributed by atoms with Crippen LogP contribution in [0.1, 0.15) is 37.3 Å². The maximum Gasteiger partial charge on any atom is 0.419 e. The molecule has 0 saturated carbocycles. The Morgan fingerprint density at radius 2 is 2.00 bits per heavy atom. The fraction of sp³-hybridized carbons (Fsp3) is 0.391. The van der Waals surface area contributed by atoms with Crippen molar-refractivity contribution in [3.63, 3.8) is 0 Å². The molecular formula is C23H26N2O5. The van der Waals surface area contributed by atoms with Gasteiger partial charge in [-0.25, -0.2) is 4.79 Å². The smallest absolute Gasteiger partial charge is 0.419 e. The van der Waals surface area contributed by atoms with E-state index in [0.717, 1.165) is 42.0 Å². The van der Waals surface area contributed by atoms with Crippen LogP contribution in [0.5, 0.6) is 11.5 Å². The second-order valence-electron chi connectivity index (χ2n) is 7.44. The van der Waals surface area contributed by atoms with Gasteiger partial charge in [-0.05, 0) is 43.5 Å². The molecule has 4 rings (SSSR count). The van der Waals surface area contributed by atoms with Crippen molar-refractivity contribution in [3.8, 4) is 11.5 Å². The highest BCUT2D eigenvalue weighted by atomic mass is 16.5. The lowest BCUT2D eigenvalue weighted by molar-refractivity contribution is -0.132. The number of fused-ring (bicyclic) bond motifs is 1. The van der Waals surface area contributed by atoms with Gasteiger partial charge in [0.05, 0.1) is 25.8 Å². The highest BCUT2D eigenvalue weighted by Crippen LogP contribution is 2.39. The highest BCUT2D eigenvalue weighted by molar-refractivity contribution is 5.77. The van der Waals surface area contributed by atoms with E-state index in [9.17, 15) is 9.59 Å². The Kier molecular flexibility index (Phi) is 5.79. The number of hydrogen-bond donors (Lipinski definition) is 0. The number of aryl methyl sites for hydroxylation is 1. The molecule has 7 nitrogen and oxygen atoms in total. The molecule has 0 aliphatic carbocycles. The van der Waals surface area contributed by atoms with E-state index in [4.69, 9.17) is 13.9 Å². The quantitative estimate of drug-likeness (QED) is 0.593. The van der Waals surface area contributed by atoms with E-state index in [2.05, 4.69) is 0 Å². The summed E-state index contributed by atoms with van der Waals surface area (Å²) in [5.41, 5.74) is 2.33.